The molecule has 1 saturated heterocycles. The van der Waals surface area contributed by atoms with Crippen LogP contribution in [0.5, 0.6) is 0 Å². The number of oxime groups is 1. The van der Waals surface area contributed by atoms with Gasteiger partial charge in [0, 0.05) is 55.4 Å². The summed E-state index contributed by atoms with van der Waals surface area (Å²) in [5.41, 5.74) is -0.278. The summed E-state index contributed by atoms with van der Waals surface area (Å²) >= 11 is 12.8. The molecule has 1 amide bonds. The van der Waals surface area contributed by atoms with Gasteiger partial charge in [0.15, 0.2) is 0 Å². The van der Waals surface area contributed by atoms with E-state index in [4.69, 9.17) is 32.8 Å². The molecule has 1 fully saturated rings. The van der Waals surface area contributed by atoms with Gasteiger partial charge in [-0.3, -0.25) is 9.36 Å². The van der Waals surface area contributed by atoms with Crippen molar-refractivity contribution in [2.24, 2.45) is 5.16 Å². The molecule has 1 N–H and O–H groups in total. The van der Waals surface area contributed by atoms with Gasteiger partial charge in [0.2, 0.25) is 0 Å². The van der Waals surface area contributed by atoms with Gasteiger partial charge in [-0.15, -0.1) is 0 Å². The van der Waals surface area contributed by atoms with Crippen molar-refractivity contribution in [3.05, 3.63) is 97.4 Å². The average molecular weight is 608 g/mol. The van der Waals surface area contributed by atoms with E-state index in [1.54, 1.807) is 25.7 Å². The zero-order valence-electron chi connectivity index (χ0n) is 22.7. The van der Waals surface area contributed by atoms with Crippen molar-refractivity contribution in [1.82, 2.24) is 9.47 Å². The van der Waals surface area contributed by atoms with E-state index in [1.807, 2.05) is 0 Å². The molecular formula is C29H29Cl2F2N3O5. The largest absolute Gasteiger partial charge is 0.444 e. The lowest BCUT2D eigenvalue weighted by atomic mass is 10.0. The second kappa shape index (κ2) is 12.6. The van der Waals surface area contributed by atoms with Crippen LogP contribution in [0.4, 0.5) is 13.6 Å². The molecular weight excluding hydrogens is 579 g/mol. The number of aliphatic hydroxyl groups excluding tert-OH is 1. The third-order valence-corrected chi connectivity index (χ3v) is 6.83. The normalized spacial score (nSPS) is 14.7. The van der Waals surface area contributed by atoms with Gasteiger partial charge >= 0.3 is 6.09 Å². The van der Waals surface area contributed by atoms with E-state index in [0.29, 0.717) is 31.5 Å². The van der Waals surface area contributed by atoms with Gasteiger partial charge in [-0.25, -0.2) is 13.6 Å². The van der Waals surface area contributed by atoms with Crippen molar-refractivity contribution in [3.63, 3.8) is 0 Å². The number of ether oxygens (including phenoxy) is 1. The monoisotopic (exact) mass is 607 g/mol. The molecule has 1 aliphatic heterocycles. The Balaban J connectivity index is 1.67. The minimum atomic E-state index is -0.881. The Hall–Kier alpha value is -3.47. The molecule has 2 heterocycles. The topological polar surface area (TPSA) is 93.4 Å². The highest BCUT2D eigenvalue weighted by Crippen LogP contribution is 2.30. The number of nitrogens with zero attached hydrogens (tertiary/aromatic N) is 3. The number of carbonyl (C=O) groups is 1. The van der Waals surface area contributed by atoms with Gasteiger partial charge in [0.1, 0.15) is 29.1 Å². The lowest BCUT2D eigenvalue weighted by Gasteiger charge is -2.32. The number of benzene rings is 2. The quantitative estimate of drug-likeness (QED) is 0.271. The number of likely N-dealkylation sites (tertiary alicyclic amines) is 1. The molecule has 4 rings (SSSR count). The molecule has 0 aliphatic carbocycles. The second-order valence-electron chi connectivity index (χ2n) is 10.5. The van der Waals surface area contributed by atoms with Crippen LogP contribution in [0, 0.1) is 11.6 Å². The summed E-state index contributed by atoms with van der Waals surface area (Å²) < 4.78 is 35.3. The lowest BCUT2D eigenvalue weighted by molar-refractivity contribution is -0.00978. The lowest BCUT2D eigenvalue weighted by Crippen LogP contribution is -2.43. The number of rotatable bonds is 6. The van der Waals surface area contributed by atoms with Crippen molar-refractivity contribution in [3.8, 4) is 5.69 Å². The Morgan fingerprint density at radius 1 is 1.07 bits per heavy atom. The van der Waals surface area contributed by atoms with Crippen LogP contribution >= 0.6 is 23.2 Å². The van der Waals surface area contributed by atoms with Gasteiger partial charge in [-0.05, 0) is 56.7 Å². The Morgan fingerprint density at radius 3 is 2.32 bits per heavy atom. The fourth-order valence-corrected chi connectivity index (χ4v) is 4.99. The van der Waals surface area contributed by atoms with Gasteiger partial charge in [-0.1, -0.05) is 28.4 Å². The highest BCUT2D eigenvalue weighted by Gasteiger charge is 2.28. The number of pyridine rings is 1. The van der Waals surface area contributed by atoms with Crippen LogP contribution in [0.15, 0.2) is 58.6 Å². The third-order valence-electron chi connectivity index (χ3n) is 6.26. The smallest absolute Gasteiger partial charge is 0.410 e. The van der Waals surface area contributed by atoms with Gasteiger partial charge in [-0.2, -0.15) is 0 Å². The van der Waals surface area contributed by atoms with Crippen LogP contribution in [-0.2, 0) is 16.2 Å². The predicted octanol–water partition coefficient (Wildman–Crippen LogP) is 6.08. The second-order valence-corrected chi connectivity index (χ2v) is 11.3. The zero-order chi connectivity index (χ0) is 29.9. The number of aliphatic hydroxyl groups is 1. The van der Waals surface area contributed by atoms with Crippen molar-refractivity contribution in [1.29, 1.82) is 0 Å². The molecule has 3 aromatic rings. The van der Waals surface area contributed by atoms with E-state index in [9.17, 15) is 23.5 Å². The van der Waals surface area contributed by atoms with Crippen molar-refractivity contribution >= 4 is 35.0 Å². The van der Waals surface area contributed by atoms with Crippen LogP contribution in [0.3, 0.4) is 0 Å². The first kappa shape index (κ1) is 30.5. The van der Waals surface area contributed by atoms with Crippen LogP contribution < -0.4 is 5.56 Å². The number of hydrogen-bond donors (Lipinski definition) is 1. The number of hydrogen-bond acceptors (Lipinski definition) is 6. The Labute approximate surface area is 245 Å². The molecule has 0 spiro atoms. The van der Waals surface area contributed by atoms with Crippen LogP contribution in [0.1, 0.15) is 50.3 Å². The number of piperidine rings is 1. The maximum Gasteiger partial charge on any atom is 0.410 e. The van der Waals surface area contributed by atoms with E-state index in [0.717, 1.165) is 12.1 Å². The zero-order valence-corrected chi connectivity index (χ0v) is 24.2. The molecule has 0 bridgehead atoms. The summed E-state index contributed by atoms with van der Waals surface area (Å²) in [5, 5.41) is 13.9. The van der Waals surface area contributed by atoms with E-state index in [1.165, 1.54) is 41.1 Å². The summed E-state index contributed by atoms with van der Waals surface area (Å²) in [5.74, 6) is -1.65. The van der Waals surface area contributed by atoms with Gasteiger partial charge < -0.3 is 19.6 Å². The highest BCUT2D eigenvalue weighted by atomic mass is 35.5. The fourth-order valence-electron chi connectivity index (χ4n) is 4.28. The molecule has 0 saturated carbocycles. The Bertz CT molecular complexity index is 1510. The van der Waals surface area contributed by atoms with E-state index < -0.39 is 35.0 Å². The maximum absolute atomic E-state index is 15.0. The summed E-state index contributed by atoms with van der Waals surface area (Å²) in [6, 6.07) is 8.65. The Morgan fingerprint density at radius 2 is 1.73 bits per heavy atom. The summed E-state index contributed by atoms with van der Waals surface area (Å²) in [4.78, 5) is 32.6. The fraction of sp³-hybridized carbons (Fsp3) is 0.345. The molecule has 218 valence electrons. The molecule has 0 radical (unpaired) electrons. The van der Waals surface area contributed by atoms with Crippen molar-refractivity contribution in [2.75, 3.05) is 13.1 Å². The number of carbonyl (C=O) groups excluding carboxylic acids is 1. The molecule has 0 unspecified atom stereocenters. The maximum atomic E-state index is 15.0. The highest BCUT2D eigenvalue weighted by molar-refractivity contribution is 6.37. The molecule has 41 heavy (non-hydrogen) atoms. The molecule has 0 atom stereocenters. The SMILES string of the molecule is CC(C)(C)OC(=O)N1CCC(O/N=C(\c2ccc(=O)n(-c3c(Cl)cc(CO)cc3Cl)c2)c2ccc(F)cc2F)CC1. The van der Waals surface area contributed by atoms with E-state index in [2.05, 4.69) is 5.16 Å². The standard InChI is InChI=1S/C29H29Cl2F2N3O5/c1-29(2,3)40-28(39)35-10-8-20(9-11-35)41-34-26(21-6-5-19(32)14-24(21)33)18-4-7-25(38)36(15-18)27-22(30)12-17(16-37)13-23(27)31/h4-7,12-15,20,37H,8-11,16H2,1-3H3/b34-26+. The number of halogens is 4. The van der Waals surface area contributed by atoms with Gasteiger partial charge in [0.05, 0.1) is 22.3 Å². The molecule has 1 aromatic heterocycles. The molecule has 8 nitrogen and oxygen atoms in total. The minimum Gasteiger partial charge on any atom is -0.444 e. The van der Waals surface area contributed by atoms with Crippen LogP contribution in [0.25, 0.3) is 5.69 Å². The average Bonchev–Trinajstić information content (AvgIpc) is 2.90. The predicted molar refractivity (Wildman–Crippen MR) is 152 cm³/mol. The third kappa shape index (κ3) is 7.44. The first-order chi connectivity index (χ1) is 19.4. The molecule has 2 aromatic carbocycles. The van der Waals surface area contributed by atoms with Crippen LogP contribution in [0.2, 0.25) is 10.0 Å². The number of aromatic nitrogens is 1. The van der Waals surface area contributed by atoms with Gasteiger partial charge in [0.25, 0.3) is 5.56 Å². The molecule has 1 aliphatic rings. The van der Waals surface area contributed by atoms with E-state index in [-0.39, 0.29) is 39.2 Å². The minimum absolute atomic E-state index is 0.00467. The first-order valence-electron chi connectivity index (χ1n) is 12.9. The van der Waals surface area contributed by atoms with Crippen LogP contribution in [-0.4, -0.2) is 51.2 Å². The van der Waals surface area contributed by atoms with Crippen molar-refractivity contribution in [2.45, 2.75) is 51.9 Å². The summed E-state index contributed by atoms with van der Waals surface area (Å²) in [6.07, 6.45) is 1.46. The van der Waals surface area contributed by atoms with E-state index >= 15 is 0 Å². The van der Waals surface area contributed by atoms with Crippen molar-refractivity contribution < 1.29 is 28.3 Å². The summed E-state index contributed by atoms with van der Waals surface area (Å²) in [7, 11) is 0. The first-order valence-corrected chi connectivity index (χ1v) is 13.6. The number of amides is 1. The summed E-state index contributed by atoms with van der Waals surface area (Å²) in [6.45, 7) is 5.83. The molecule has 12 heteroatoms. The Kier molecular flexibility index (Phi) is 9.36.